The lowest BCUT2D eigenvalue weighted by Crippen LogP contribution is -2.39. The van der Waals surface area contributed by atoms with Gasteiger partial charge in [-0.1, -0.05) is 53.1 Å². The van der Waals surface area contributed by atoms with E-state index >= 15 is 0 Å². The molecule has 2 aromatic carbocycles. The molecule has 4 rings (SSSR count). The molecule has 0 unspecified atom stereocenters. The number of piperidine rings is 1. The van der Waals surface area contributed by atoms with Crippen molar-refractivity contribution in [3.05, 3.63) is 75.3 Å². The molecule has 0 spiro atoms. The maximum absolute atomic E-state index is 13.0. The Morgan fingerprint density at radius 1 is 1.10 bits per heavy atom. The number of nitrogens with zero attached hydrogens (tertiary/aromatic N) is 2. The lowest BCUT2D eigenvalue weighted by atomic mass is 10.0. The zero-order chi connectivity index (χ0) is 21.3. The first-order valence-corrected chi connectivity index (χ1v) is 12.9. The van der Waals surface area contributed by atoms with Gasteiger partial charge in [-0.05, 0) is 44.4 Å². The zero-order valence-electron chi connectivity index (χ0n) is 17.1. The predicted molar refractivity (Wildman–Crippen MR) is 125 cm³/mol. The van der Waals surface area contributed by atoms with Crippen LogP contribution in [0.25, 0.3) is 0 Å². The van der Waals surface area contributed by atoms with Gasteiger partial charge in [0.25, 0.3) is 0 Å². The van der Waals surface area contributed by atoms with E-state index in [0.29, 0.717) is 31.0 Å². The van der Waals surface area contributed by atoms with Crippen LogP contribution in [0.2, 0.25) is 5.02 Å². The van der Waals surface area contributed by atoms with Crippen molar-refractivity contribution in [1.29, 1.82) is 0 Å². The number of sulfone groups is 1. The van der Waals surface area contributed by atoms with Crippen molar-refractivity contribution in [2.75, 3.05) is 18.0 Å². The Morgan fingerprint density at radius 2 is 1.77 bits per heavy atom. The molecule has 0 N–H and O–H groups in total. The first kappa shape index (κ1) is 21.3. The van der Waals surface area contributed by atoms with Gasteiger partial charge in [-0.3, -0.25) is 0 Å². The second-order valence-electron chi connectivity index (χ2n) is 7.96. The molecule has 0 bridgehead atoms. The van der Waals surface area contributed by atoms with E-state index in [-0.39, 0.29) is 4.90 Å². The van der Waals surface area contributed by atoms with Crippen molar-refractivity contribution in [1.82, 2.24) is 4.98 Å². The number of aromatic nitrogens is 1. The molecule has 0 amide bonds. The largest absolute Gasteiger partial charge is 0.348 e. The molecule has 0 saturated carbocycles. The monoisotopic (exact) mass is 460 g/mol. The third-order valence-corrected chi connectivity index (χ3v) is 9.21. The average molecular weight is 461 g/mol. The van der Waals surface area contributed by atoms with Crippen molar-refractivity contribution < 1.29 is 8.42 Å². The summed E-state index contributed by atoms with van der Waals surface area (Å²) in [5, 5.41) is 2.99. The van der Waals surface area contributed by atoms with E-state index in [1.54, 1.807) is 35.6 Å². The standard InChI is InChI=1S/C23H25ClN2O2S2/c1-16-11-17(2)13-18(12-16)14-19-15-29-23(25-19)26-9-7-20(8-10-26)30(27,28)22-6-4-3-5-21(22)24/h3-6,11-13,15,20H,7-10,14H2,1-2H3. The Hall–Kier alpha value is -1.89. The van der Waals surface area contributed by atoms with Crippen LogP contribution >= 0.6 is 22.9 Å². The molecule has 7 heteroatoms. The highest BCUT2D eigenvalue weighted by molar-refractivity contribution is 7.92. The molecule has 0 radical (unpaired) electrons. The molecular formula is C23H25ClN2O2S2. The Bertz CT molecular complexity index is 1130. The number of thiazole rings is 1. The van der Waals surface area contributed by atoms with E-state index in [2.05, 4.69) is 42.3 Å². The van der Waals surface area contributed by atoms with E-state index in [9.17, 15) is 8.42 Å². The highest BCUT2D eigenvalue weighted by Crippen LogP contribution is 2.32. The number of halogens is 1. The molecule has 1 aliphatic rings. The minimum atomic E-state index is -3.42. The van der Waals surface area contributed by atoms with Crippen LogP contribution in [0.5, 0.6) is 0 Å². The highest BCUT2D eigenvalue weighted by Gasteiger charge is 2.33. The molecule has 0 atom stereocenters. The molecule has 1 aromatic heterocycles. The summed E-state index contributed by atoms with van der Waals surface area (Å²) in [5.41, 5.74) is 4.87. The molecule has 0 aliphatic carbocycles. The quantitative estimate of drug-likeness (QED) is 0.508. The minimum absolute atomic E-state index is 0.245. The third-order valence-electron chi connectivity index (χ3n) is 5.50. The molecule has 158 valence electrons. The fraction of sp³-hybridized carbons (Fsp3) is 0.348. The molecule has 30 heavy (non-hydrogen) atoms. The summed E-state index contributed by atoms with van der Waals surface area (Å²) in [5.74, 6) is 0. The average Bonchev–Trinajstić information content (AvgIpc) is 3.16. The van der Waals surface area contributed by atoms with Crippen LogP contribution < -0.4 is 4.90 Å². The van der Waals surface area contributed by atoms with Gasteiger partial charge < -0.3 is 4.90 Å². The summed E-state index contributed by atoms with van der Waals surface area (Å²) in [6.07, 6.45) is 1.98. The van der Waals surface area contributed by atoms with E-state index < -0.39 is 15.1 Å². The predicted octanol–water partition coefficient (Wildman–Crippen LogP) is 5.45. The Morgan fingerprint density at radius 3 is 2.43 bits per heavy atom. The van der Waals surface area contributed by atoms with E-state index in [1.165, 1.54) is 16.7 Å². The molecule has 1 fully saturated rings. The topological polar surface area (TPSA) is 50.3 Å². The summed E-state index contributed by atoms with van der Waals surface area (Å²) in [4.78, 5) is 7.27. The summed E-state index contributed by atoms with van der Waals surface area (Å²) in [6, 6.07) is 13.3. The Balaban J connectivity index is 1.42. The maximum atomic E-state index is 13.0. The highest BCUT2D eigenvalue weighted by atomic mass is 35.5. The lowest BCUT2D eigenvalue weighted by molar-refractivity contribution is 0.529. The third kappa shape index (κ3) is 4.56. The first-order chi connectivity index (χ1) is 14.3. The zero-order valence-corrected chi connectivity index (χ0v) is 19.5. The fourth-order valence-corrected chi connectivity index (χ4v) is 7.25. The van der Waals surface area contributed by atoms with Crippen LogP contribution in [0.15, 0.2) is 52.7 Å². The first-order valence-electron chi connectivity index (χ1n) is 10.1. The smallest absolute Gasteiger partial charge is 0.185 e. The normalized spacial score (nSPS) is 15.5. The van der Waals surface area contributed by atoms with E-state index in [0.717, 1.165) is 17.2 Å². The lowest BCUT2D eigenvalue weighted by Gasteiger charge is -2.31. The number of rotatable bonds is 5. The summed E-state index contributed by atoms with van der Waals surface area (Å²) in [6.45, 7) is 5.60. The number of benzene rings is 2. The van der Waals surface area contributed by atoms with Gasteiger partial charge in [-0.25, -0.2) is 13.4 Å². The molecule has 1 aliphatic heterocycles. The second kappa shape index (κ2) is 8.69. The van der Waals surface area contributed by atoms with Crippen LogP contribution in [0.4, 0.5) is 5.13 Å². The minimum Gasteiger partial charge on any atom is -0.348 e. The van der Waals surface area contributed by atoms with Gasteiger partial charge in [-0.2, -0.15) is 0 Å². The van der Waals surface area contributed by atoms with Crippen molar-refractivity contribution in [2.24, 2.45) is 0 Å². The Labute approximate surface area is 187 Å². The molecular weight excluding hydrogens is 436 g/mol. The number of hydrogen-bond acceptors (Lipinski definition) is 5. The number of aryl methyl sites for hydroxylation is 2. The SMILES string of the molecule is Cc1cc(C)cc(Cc2csc(N3CCC(S(=O)(=O)c4ccccc4Cl)CC3)n2)c1. The molecule has 2 heterocycles. The van der Waals surface area contributed by atoms with Crippen LogP contribution in [-0.4, -0.2) is 31.7 Å². The van der Waals surface area contributed by atoms with Gasteiger partial charge in [0.1, 0.15) is 0 Å². The van der Waals surface area contributed by atoms with E-state index in [1.807, 2.05) is 0 Å². The van der Waals surface area contributed by atoms with Crippen LogP contribution in [-0.2, 0) is 16.3 Å². The van der Waals surface area contributed by atoms with Crippen LogP contribution in [0, 0.1) is 13.8 Å². The van der Waals surface area contributed by atoms with E-state index in [4.69, 9.17) is 16.6 Å². The van der Waals surface area contributed by atoms with Gasteiger partial charge in [-0.15, -0.1) is 11.3 Å². The van der Waals surface area contributed by atoms with Gasteiger partial charge in [0.2, 0.25) is 0 Å². The molecule has 3 aromatic rings. The number of anilines is 1. The van der Waals surface area contributed by atoms with Crippen LogP contribution in [0.1, 0.15) is 35.2 Å². The van der Waals surface area contributed by atoms with Crippen LogP contribution in [0.3, 0.4) is 0 Å². The van der Waals surface area contributed by atoms with Crippen molar-refractivity contribution in [3.63, 3.8) is 0 Å². The second-order valence-corrected chi connectivity index (χ2v) is 11.4. The van der Waals surface area contributed by atoms with Crippen molar-refractivity contribution >= 4 is 37.9 Å². The summed E-state index contributed by atoms with van der Waals surface area (Å²) in [7, 11) is -3.42. The summed E-state index contributed by atoms with van der Waals surface area (Å²) < 4.78 is 26.0. The van der Waals surface area contributed by atoms with Gasteiger partial charge in [0.15, 0.2) is 15.0 Å². The number of hydrogen-bond donors (Lipinski definition) is 0. The van der Waals surface area contributed by atoms with Gasteiger partial charge >= 0.3 is 0 Å². The maximum Gasteiger partial charge on any atom is 0.185 e. The Kier molecular flexibility index (Phi) is 6.19. The van der Waals surface area contributed by atoms with Gasteiger partial charge in [0.05, 0.1) is 20.9 Å². The molecule has 4 nitrogen and oxygen atoms in total. The van der Waals surface area contributed by atoms with Crippen molar-refractivity contribution in [2.45, 2.75) is 43.3 Å². The van der Waals surface area contributed by atoms with Gasteiger partial charge in [0, 0.05) is 24.9 Å². The molecule has 1 saturated heterocycles. The fourth-order valence-electron chi connectivity index (χ4n) is 4.12. The van der Waals surface area contributed by atoms with Crippen molar-refractivity contribution in [3.8, 4) is 0 Å². The summed E-state index contributed by atoms with van der Waals surface area (Å²) >= 11 is 7.78.